The molecule has 2 amide bonds. The van der Waals surface area contributed by atoms with Gasteiger partial charge in [-0.05, 0) is 45.1 Å². The van der Waals surface area contributed by atoms with Crippen LogP contribution in [0.15, 0.2) is 0 Å². The minimum atomic E-state index is -2.40. The molecule has 0 saturated carbocycles. The van der Waals surface area contributed by atoms with Crippen molar-refractivity contribution in [2.75, 3.05) is 27.7 Å². The Morgan fingerprint density at radius 3 is 2.15 bits per heavy atom. The van der Waals surface area contributed by atoms with Crippen LogP contribution in [-0.2, 0) is 19.1 Å². The molecule has 0 spiro atoms. The van der Waals surface area contributed by atoms with Crippen molar-refractivity contribution in [3.05, 3.63) is 29.1 Å². The predicted molar refractivity (Wildman–Crippen MR) is 140 cm³/mol. The number of hydrogen-bond acceptors (Lipinski definition) is 6. The molecule has 0 aliphatic carbocycles. The van der Waals surface area contributed by atoms with Gasteiger partial charge in [0, 0.05) is 16.9 Å². The van der Waals surface area contributed by atoms with E-state index in [1.165, 1.54) is 19.1 Å². The van der Waals surface area contributed by atoms with E-state index in [0.717, 1.165) is 0 Å². The molecule has 0 aromatic heterocycles. The first-order valence-electron chi connectivity index (χ1n) is 14.7. The van der Waals surface area contributed by atoms with Gasteiger partial charge in [0.05, 0.1) is 24.1 Å². The minimum absolute atomic E-state index is 0.181. The highest BCUT2D eigenvalue weighted by Crippen LogP contribution is 2.31. The Kier molecular flexibility index (Phi) is 10.6. The number of rotatable bonds is 12. The summed E-state index contributed by atoms with van der Waals surface area (Å²) in [5.74, 6) is -16.5. The van der Waals surface area contributed by atoms with Crippen molar-refractivity contribution in [1.82, 2.24) is 15.1 Å². The molecule has 41 heavy (non-hydrogen) atoms. The number of esters is 1. The molecule has 1 fully saturated rings. The van der Waals surface area contributed by atoms with E-state index in [4.69, 9.17) is 7.48 Å². The SMILES string of the molecule is [2H]CN1CCC[C@@]1(C[2H])C(=O)N[C@H](C(=O)N(C)[C@@H]([C@@H](C)CC)[C@@H](CC(=O)Oc1c(F)c(F)c(F)c(F)c1F)OC)C(C)C. The Morgan fingerprint density at radius 1 is 1.07 bits per heavy atom. The predicted octanol–water partition coefficient (Wildman–Crippen LogP) is 4.19. The quantitative estimate of drug-likeness (QED) is 0.128. The lowest BCUT2D eigenvalue weighted by Crippen LogP contribution is -2.61. The van der Waals surface area contributed by atoms with Crippen LogP contribution < -0.4 is 10.1 Å². The Hall–Kier alpha value is -2.80. The van der Waals surface area contributed by atoms with Crippen LogP contribution in [-0.4, -0.2) is 79.0 Å². The molecular weight excluding hydrogens is 553 g/mol. The normalized spacial score (nSPS) is 21.1. The van der Waals surface area contributed by atoms with Crippen LogP contribution in [0.4, 0.5) is 22.0 Å². The molecule has 13 heteroatoms. The molecule has 1 aromatic rings. The van der Waals surface area contributed by atoms with Crippen LogP contribution in [0, 0.1) is 40.9 Å². The molecule has 1 aliphatic heterocycles. The Labute approximate surface area is 240 Å². The van der Waals surface area contributed by atoms with Crippen LogP contribution in [0.25, 0.3) is 0 Å². The van der Waals surface area contributed by atoms with Crippen LogP contribution in [0.1, 0.15) is 63.0 Å². The number of halogens is 5. The van der Waals surface area contributed by atoms with Crippen molar-refractivity contribution in [2.24, 2.45) is 11.8 Å². The zero-order chi connectivity index (χ0) is 32.8. The van der Waals surface area contributed by atoms with E-state index in [1.54, 1.807) is 25.7 Å². The van der Waals surface area contributed by atoms with Crippen molar-refractivity contribution in [3.63, 3.8) is 0 Å². The second-order valence-electron chi connectivity index (χ2n) is 10.8. The van der Waals surface area contributed by atoms with Gasteiger partial charge in [0.1, 0.15) is 6.04 Å². The van der Waals surface area contributed by atoms with Crippen molar-refractivity contribution >= 4 is 17.8 Å². The number of nitrogens with zero attached hydrogens (tertiary/aromatic N) is 2. The summed E-state index contributed by atoms with van der Waals surface area (Å²) >= 11 is 0. The smallest absolute Gasteiger partial charge is 0.314 e. The van der Waals surface area contributed by atoms with E-state index in [-0.39, 0.29) is 19.8 Å². The molecule has 8 nitrogen and oxygen atoms in total. The molecule has 1 aliphatic rings. The number of carbonyl (C=O) groups is 3. The average molecular weight is 596 g/mol. The van der Waals surface area contributed by atoms with Gasteiger partial charge in [-0.15, -0.1) is 0 Å². The topological polar surface area (TPSA) is 88.2 Å². The highest BCUT2D eigenvalue weighted by Gasteiger charge is 2.44. The standard InChI is InChI=1S/C28H40F5N3O5/c1-9-15(4)24(16(40-8)13-17(37)41-25-21(32)19(30)18(29)20(31)22(25)33)36(7)26(38)23(14(2)3)34-27(39)28(5)11-10-12-35(28)6/h14-16,23-24H,9-13H2,1-8H3,(H,34,39)/t15-,16+,23-,24-,28-/m0/s1/i5D,6D. The van der Waals surface area contributed by atoms with Gasteiger partial charge in [0.25, 0.3) is 0 Å². The number of amides is 2. The van der Waals surface area contributed by atoms with Gasteiger partial charge in [-0.3, -0.25) is 19.3 Å². The molecule has 232 valence electrons. The molecule has 5 atom stereocenters. The summed E-state index contributed by atoms with van der Waals surface area (Å²) in [7, 11) is 2.48. The fourth-order valence-electron chi connectivity index (χ4n) is 4.92. The maximum Gasteiger partial charge on any atom is 0.314 e. The fourth-order valence-corrected chi connectivity index (χ4v) is 4.92. The summed E-state index contributed by atoms with van der Waals surface area (Å²) < 4.78 is 94.6. The second kappa shape index (κ2) is 13.9. The summed E-state index contributed by atoms with van der Waals surface area (Å²) in [5, 5.41) is 2.77. The van der Waals surface area contributed by atoms with Gasteiger partial charge >= 0.3 is 5.97 Å². The highest BCUT2D eigenvalue weighted by atomic mass is 19.2. The van der Waals surface area contributed by atoms with E-state index in [0.29, 0.717) is 25.8 Å². The van der Waals surface area contributed by atoms with Crippen LogP contribution in [0.3, 0.4) is 0 Å². The van der Waals surface area contributed by atoms with Crippen molar-refractivity contribution in [2.45, 2.75) is 84.0 Å². The van der Waals surface area contributed by atoms with E-state index in [1.807, 2.05) is 6.92 Å². The molecule has 0 radical (unpaired) electrons. The average Bonchev–Trinajstić information content (AvgIpc) is 3.43. The van der Waals surface area contributed by atoms with Gasteiger partial charge in [-0.1, -0.05) is 34.1 Å². The molecule has 0 bridgehead atoms. The number of carbonyl (C=O) groups excluding carboxylic acids is 3. The van der Waals surface area contributed by atoms with Gasteiger partial charge in [-0.25, -0.2) is 13.2 Å². The molecular formula is C28H40F5N3O5. The number of nitrogens with one attached hydrogen (secondary N) is 1. The van der Waals surface area contributed by atoms with Gasteiger partial charge < -0.3 is 19.7 Å². The number of methoxy groups -OCH3 is 1. The first-order valence-corrected chi connectivity index (χ1v) is 13.3. The second-order valence-corrected chi connectivity index (χ2v) is 10.8. The van der Waals surface area contributed by atoms with Gasteiger partial charge in [0.2, 0.25) is 46.6 Å². The molecule has 1 heterocycles. The largest absolute Gasteiger partial charge is 0.420 e. The first kappa shape index (κ1) is 31.1. The van der Waals surface area contributed by atoms with Crippen molar-refractivity contribution in [3.8, 4) is 5.75 Å². The molecule has 2 rings (SSSR count). The number of likely N-dealkylation sites (tertiary alicyclic amines) is 1. The van der Waals surface area contributed by atoms with Crippen LogP contribution in [0.5, 0.6) is 5.75 Å². The van der Waals surface area contributed by atoms with E-state index < -0.39 is 88.7 Å². The number of ether oxygens (including phenoxy) is 2. The maximum absolute atomic E-state index is 14.1. The summed E-state index contributed by atoms with van der Waals surface area (Å²) in [4.78, 5) is 42.9. The number of likely N-dealkylation sites (N-methyl/N-ethyl adjacent to an activating group) is 2. The third kappa shape index (κ3) is 7.17. The Balaban J connectivity index is 2.33. The molecule has 0 unspecified atom stereocenters. The first-order chi connectivity index (χ1) is 20.1. The van der Waals surface area contributed by atoms with Gasteiger partial charge in [-0.2, -0.15) is 8.78 Å². The minimum Gasteiger partial charge on any atom is -0.420 e. The van der Waals surface area contributed by atoms with E-state index in [2.05, 4.69) is 10.1 Å². The van der Waals surface area contributed by atoms with Crippen molar-refractivity contribution < 1.29 is 48.6 Å². The summed E-state index contributed by atoms with van der Waals surface area (Å²) in [6.45, 7) is 7.19. The van der Waals surface area contributed by atoms with E-state index >= 15 is 0 Å². The third-order valence-corrected chi connectivity index (χ3v) is 7.72. The molecule has 1 aromatic carbocycles. The lowest BCUT2D eigenvalue weighted by molar-refractivity contribution is -0.147. The summed E-state index contributed by atoms with van der Waals surface area (Å²) in [5.41, 5.74) is -1.24. The Bertz CT molecular complexity index is 1150. The zero-order valence-electron chi connectivity index (χ0n) is 26.2. The third-order valence-electron chi connectivity index (χ3n) is 7.72. The maximum atomic E-state index is 14.1. The molecule has 1 saturated heterocycles. The van der Waals surface area contributed by atoms with Gasteiger partial charge in [0.15, 0.2) is 0 Å². The highest BCUT2D eigenvalue weighted by molar-refractivity contribution is 5.92. The fraction of sp³-hybridized carbons (Fsp3) is 0.679. The lowest BCUT2D eigenvalue weighted by Gasteiger charge is -2.40. The van der Waals surface area contributed by atoms with Crippen LogP contribution in [0.2, 0.25) is 0 Å². The summed E-state index contributed by atoms with van der Waals surface area (Å²) in [6.07, 6.45) is -0.398. The molecule has 1 N–H and O–H groups in total. The van der Waals surface area contributed by atoms with E-state index in [9.17, 15) is 36.3 Å². The summed E-state index contributed by atoms with van der Waals surface area (Å²) in [6, 6.07) is -1.91. The van der Waals surface area contributed by atoms with Crippen molar-refractivity contribution in [1.29, 1.82) is 0 Å². The number of hydrogen-bond donors (Lipinski definition) is 1. The lowest BCUT2D eigenvalue weighted by atomic mass is 9.89. The Morgan fingerprint density at radius 2 is 1.66 bits per heavy atom. The number of benzene rings is 1. The van der Waals surface area contributed by atoms with Crippen LogP contribution >= 0.6 is 0 Å². The zero-order valence-corrected chi connectivity index (χ0v) is 24.2. The monoisotopic (exact) mass is 595 g/mol.